The standard InChI is InChI=1S/C19H19F3N4O2S2/c1-30(27,28)26-7-4-13(5-8-26)24-18-14-2-3-16(19(20,21)22)25-17(14)15(10-23-18)12-6-9-29-11-12/h2-3,6,9-11,13H,4-5,7-8H2,1H3,(H,23,24). The molecule has 0 atom stereocenters. The number of hydrogen-bond acceptors (Lipinski definition) is 6. The monoisotopic (exact) mass is 456 g/mol. The number of aromatic nitrogens is 2. The van der Waals surface area contributed by atoms with Crippen LogP contribution >= 0.6 is 11.3 Å². The summed E-state index contributed by atoms with van der Waals surface area (Å²) in [4.78, 5) is 8.37. The molecule has 4 rings (SSSR count). The maximum atomic E-state index is 13.3. The van der Waals surface area contributed by atoms with Crippen molar-refractivity contribution in [1.29, 1.82) is 0 Å². The van der Waals surface area contributed by atoms with Gasteiger partial charge in [0, 0.05) is 36.3 Å². The molecule has 1 N–H and O–H groups in total. The van der Waals surface area contributed by atoms with Gasteiger partial charge in [0.2, 0.25) is 10.0 Å². The number of nitrogens with one attached hydrogen (secondary N) is 1. The van der Waals surface area contributed by atoms with Crippen LogP contribution in [0.3, 0.4) is 0 Å². The quantitative estimate of drug-likeness (QED) is 0.637. The van der Waals surface area contributed by atoms with Gasteiger partial charge in [-0.3, -0.25) is 0 Å². The Hall–Kier alpha value is -2.24. The van der Waals surface area contributed by atoms with Crippen molar-refractivity contribution in [2.75, 3.05) is 24.7 Å². The van der Waals surface area contributed by atoms with Gasteiger partial charge in [0.25, 0.3) is 0 Å². The predicted molar refractivity (Wildman–Crippen MR) is 111 cm³/mol. The molecule has 0 spiro atoms. The van der Waals surface area contributed by atoms with Gasteiger partial charge in [-0.25, -0.2) is 22.7 Å². The molecule has 3 aromatic rings. The number of anilines is 1. The molecule has 160 valence electrons. The van der Waals surface area contributed by atoms with E-state index in [1.54, 1.807) is 0 Å². The largest absolute Gasteiger partial charge is 0.433 e. The average Bonchev–Trinajstić information content (AvgIpc) is 3.21. The molecular formula is C19H19F3N4O2S2. The van der Waals surface area contributed by atoms with E-state index in [4.69, 9.17) is 0 Å². The molecule has 0 aromatic carbocycles. The Kier molecular flexibility index (Phi) is 5.45. The zero-order chi connectivity index (χ0) is 21.5. The number of alkyl halides is 3. The zero-order valence-corrected chi connectivity index (χ0v) is 17.6. The Bertz CT molecular complexity index is 1160. The molecule has 0 saturated carbocycles. The van der Waals surface area contributed by atoms with Crippen molar-refractivity contribution in [2.45, 2.75) is 25.1 Å². The third kappa shape index (κ3) is 4.28. The molecule has 0 radical (unpaired) electrons. The van der Waals surface area contributed by atoms with Gasteiger partial charge in [0.05, 0.1) is 11.8 Å². The summed E-state index contributed by atoms with van der Waals surface area (Å²) in [6, 6.07) is 4.13. The van der Waals surface area contributed by atoms with E-state index in [-0.39, 0.29) is 11.6 Å². The number of pyridine rings is 2. The fourth-order valence-electron chi connectivity index (χ4n) is 3.54. The highest BCUT2D eigenvalue weighted by Crippen LogP contribution is 2.35. The minimum atomic E-state index is -4.55. The van der Waals surface area contributed by atoms with E-state index >= 15 is 0 Å². The Labute approximate surface area is 175 Å². The van der Waals surface area contributed by atoms with E-state index in [1.807, 2.05) is 16.8 Å². The van der Waals surface area contributed by atoms with E-state index in [1.165, 1.54) is 34.2 Å². The van der Waals surface area contributed by atoms with Crippen LogP contribution in [0.4, 0.5) is 19.0 Å². The van der Waals surface area contributed by atoms with Crippen molar-refractivity contribution in [1.82, 2.24) is 14.3 Å². The second kappa shape index (κ2) is 7.78. The number of nitrogens with zero attached hydrogens (tertiary/aromatic N) is 3. The average molecular weight is 457 g/mol. The zero-order valence-electron chi connectivity index (χ0n) is 16.0. The number of hydrogen-bond donors (Lipinski definition) is 1. The molecule has 4 heterocycles. The first kappa shape index (κ1) is 21.0. The van der Waals surface area contributed by atoms with Crippen molar-refractivity contribution < 1.29 is 21.6 Å². The summed E-state index contributed by atoms with van der Waals surface area (Å²) in [6.45, 7) is 0.774. The molecule has 0 aliphatic carbocycles. The summed E-state index contributed by atoms with van der Waals surface area (Å²) in [5, 5.41) is 7.46. The molecule has 0 unspecified atom stereocenters. The Morgan fingerprint density at radius 1 is 1.20 bits per heavy atom. The van der Waals surface area contributed by atoms with Crippen LogP contribution in [0.25, 0.3) is 22.0 Å². The van der Waals surface area contributed by atoms with Crippen LogP contribution < -0.4 is 5.32 Å². The van der Waals surface area contributed by atoms with Crippen molar-refractivity contribution >= 4 is 38.1 Å². The highest BCUT2D eigenvalue weighted by molar-refractivity contribution is 7.88. The Morgan fingerprint density at radius 2 is 1.93 bits per heavy atom. The molecule has 0 amide bonds. The number of sulfonamides is 1. The second-order valence-electron chi connectivity index (χ2n) is 7.20. The van der Waals surface area contributed by atoms with Gasteiger partial charge >= 0.3 is 6.18 Å². The van der Waals surface area contributed by atoms with Crippen molar-refractivity contribution in [3.8, 4) is 11.1 Å². The van der Waals surface area contributed by atoms with Crippen LogP contribution in [0.1, 0.15) is 18.5 Å². The fraction of sp³-hybridized carbons (Fsp3) is 0.368. The lowest BCUT2D eigenvalue weighted by Gasteiger charge is -2.31. The number of piperidine rings is 1. The molecule has 0 bridgehead atoms. The molecule has 30 heavy (non-hydrogen) atoms. The molecule has 6 nitrogen and oxygen atoms in total. The van der Waals surface area contributed by atoms with Crippen molar-refractivity contribution in [3.05, 3.63) is 40.8 Å². The molecule has 1 fully saturated rings. The smallest absolute Gasteiger partial charge is 0.367 e. The molecule has 1 saturated heterocycles. The van der Waals surface area contributed by atoms with Gasteiger partial charge in [-0.2, -0.15) is 24.5 Å². The summed E-state index contributed by atoms with van der Waals surface area (Å²) < 4.78 is 64.5. The van der Waals surface area contributed by atoms with E-state index < -0.39 is 21.9 Å². The molecular weight excluding hydrogens is 437 g/mol. The van der Waals surface area contributed by atoms with Gasteiger partial charge in [-0.1, -0.05) is 0 Å². The van der Waals surface area contributed by atoms with Crippen LogP contribution in [-0.4, -0.2) is 48.1 Å². The van der Waals surface area contributed by atoms with Crippen LogP contribution in [-0.2, 0) is 16.2 Å². The van der Waals surface area contributed by atoms with Crippen molar-refractivity contribution in [2.24, 2.45) is 0 Å². The number of thiophene rings is 1. The third-order valence-corrected chi connectivity index (χ3v) is 7.10. The second-order valence-corrected chi connectivity index (χ2v) is 9.97. The van der Waals surface area contributed by atoms with E-state index in [2.05, 4.69) is 15.3 Å². The van der Waals surface area contributed by atoms with Crippen molar-refractivity contribution in [3.63, 3.8) is 0 Å². The first-order valence-corrected chi connectivity index (χ1v) is 12.0. The number of halogens is 3. The van der Waals surface area contributed by atoms with Gasteiger partial charge in [0.15, 0.2) is 0 Å². The van der Waals surface area contributed by atoms with Crippen LogP contribution in [0.15, 0.2) is 35.2 Å². The number of rotatable bonds is 4. The Morgan fingerprint density at radius 3 is 2.53 bits per heavy atom. The number of fused-ring (bicyclic) bond motifs is 1. The molecule has 11 heteroatoms. The van der Waals surface area contributed by atoms with E-state index in [0.717, 1.165) is 11.6 Å². The van der Waals surface area contributed by atoms with Gasteiger partial charge in [-0.15, -0.1) is 0 Å². The predicted octanol–water partition coefficient (Wildman–Crippen LogP) is 4.21. The lowest BCUT2D eigenvalue weighted by molar-refractivity contribution is -0.140. The summed E-state index contributed by atoms with van der Waals surface area (Å²) >= 11 is 1.44. The van der Waals surface area contributed by atoms with Crippen LogP contribution in [0.2, 0.25) is 0 Å². The highest BCUT2D eigenvalue weighted by Gasteiger charge is 2.33. The van der Waals surface area contributed by atoms with E-state index in [9.17, 15) is 21.6 Å². The van der Waals surface area contributed by atoms with Gasteiger partial charge in [0.1, 0.15) is 11.5 Å². The lowest BCUT2D eigenvalue weighted by Crippen LogP contribution is -2.41. The minimum absolute atomic E-state index is 0.0343. The highest BCUT2D eigenvalue weighted by atomic mass is 32.2. The summed E-state index contributed by atoms with van der Waals surface area (Å²) in [5.74, 6) is 0.447. The van der Waals surface area contributed by atoms with Gasteiger partial charge < -0.3 is 5.32 Å². The SMILES string of the molecule is CS(=O)(=O)N1CCC(Nc2ncc(-c3ccsc3)c3nc(C(F)(F)F)ccc23)CC1. The Balaban J connectivity index is 1.69. The normalized spacial score (nSPS) is 16.8. The summed E-state index contributed by atoms with van der Waals surface area (Å²) in [7, 11) is -3.23. The minimum Gasteiger partial charge on any atom is -0.367 e. The van der Waals surface area contributed by atoms with E-state index in [0.29, 0.717) is 42.7 Å². The van der Waals surface area contributed by atoms with Gasteiger partial charge in [-0.05, 0) is 47.4 Å². The topological polar surface area (TPSA) is 75.2 Å². The first-order valence-electron chi connectivity index (χ1n) is 9.24. The molecule has 1 aliphatic heterocycles. The van der Waals surface area contributed by atoms with Crippen LogP contribution in [0, 0.1) is 0 Å². The molecule has 1 aliphatic rings. The first-order chi connectivity index (χ1) is 14.1. The third-order valence-electron chi connectivity index (χ3n) is 5.11. The summed E-state index contributed by atoms with van der Waals surface area (Å²) in [6.07, 6.45) is -0.670. The maximum absolute atomic E-state index is 13.3. The lowest BCUT2D eigenvalue weighted by atomic mass is 10.0. The molecule has 3 aromatic heterocycles. The maximum Gasteiger partial charge on any atom is 0.433 e. The summed E-state index contributed by atoms with van der Waals surface area (Å²) in [5.41, 5.74) is 0.575. The fourth-order valence-corrected chi connectivity index (χ4v) is 5.07. The van der Waals surface area contributed by atoms with Crippen LogP contribution in [0.5, 0.6) is 0 Å².